The predicted molar refractivity (Wildman–Crippen MR) is 186 cm³/mol. The van der Waals surface area contributed by atoms with Gasteiger partial charge >= 0.3 is 6.03 Å². The van der Waals surface area contributed by atoms with E-state index in [1.807, 2.05) is 32.9 Å². The van der Waals surface area contributed by atoms with Crippen LogP contribution >= 0.6 is 11.8 Å². The first-order valence-electron chi connectivity index (χ1n) is 17.0. The first-order chi connectivity index (χ1) is 22.1. The maximum absolute atomic E-state index is 13.9. The molecular weight excluding hydrogens is 597 g/mol. The van der Waals surface area contributed by atoms with Crippen LogP contribution in [0.25, 0.3) is 0 Å². The van der Waals surface area contributed by atoms with Crippen LogP contribution in [0.3, 0.4) is 0 Å². The average Bonchev–Trinajstić information content (AvgIpc) is 3.24. The van der Waals surface area contributed by atoms with Gasteiger partial charge < -0.3 is 29.8 Å². The number of rotatable bonds is 7. The van der Waals surface area contributed by atoms with Gasteiger partial charge in [-0.25, -0.2) is 4.79 Å². The number of carbonyl (C=O) groups is 3. The lowest BCUT2D eigenvalue weighted by Crippen LogP contribution is -2.50. The van der Waals surface area contributed by atoms with Gasteiger partial charge in [0.25, 0.3) is 0 Å². The maximum atomic E-state index is 13.9. The largest absolute Gasteiger partial charge is 0.369 e. The van der Waals surface area contributed by atoms with Gasteiger partial charge in [0.1, 0.15) is 5.37 Å². The summed E-state index contributed by atoms with van der Waals surface area (Å²) in [6, 6.07) is 16.7. The number of carbonyl (C=O) groups excluding carboxylic acids is 3. The number of anilines is 2. The van der Waals surface area contributed by atoms with Gasteiger partial charge in [-0.1, -0.05) is 51.1 Å². The Balaban J connectivity index is 1.09. The van der Waals surface area contributed by atoms with Crippen molar-refractivity contribution in [3.8, 4) is 0 Å². The summed E-state index contributed by atoms with van der Waals surface area (Å²) < 4.78 is 0. The highest BCUT2D eigenvalue weighted by Gasteiger charge is 2.43. The van der Waals surface area contributed by atoms with E-state index in [0.717, 1.165) is 68.7 Å². The maximum Gasteiger partial charge on any atom is 0.322 e. The number of nitrogens with zero attached hydrogens (tertiary/aromatic N) is 5. The summed E-state index contributed by atoms with van der Waals surface area (Å²) in [5.74, 6) is 0.118. The third-order valence-electron chi connectivity index (χ3n) is 10.0. The minimum Gasteiger partial charge on any atom is -0.369 e. The highest BCUT2D eigenvalue weighted by molar-refractivity contribution is 8.01. The molecule has 3 fully saturated rings. The molecule has 0 saturated carbocycles. The molecule has 10 heteroatoms. The molecule has 3 saturated heterocycles. The quantitative estimate of drug-likeness (QED) is 0.441. The number of benzene rings is 2. The van der Waals surface area contributed by atoms with Gasteiger partial charge in [0.05, 0.1) is 5.25 Å². The van der Waals surface area contributed by atoms with Gasteiger partial charge in [-0.3, -0.25) is 9.59 Å². The number of hydrogen-bond acceptors (Lipinski definition) is 6. The van der Waals surface area contributed by atoms with Crippen molar-refractivity contribution in [2.45, 2.75) is 69.5 Å². The summed E-state index contributed by atoms with van der Waals surface area (Å²) in [6.45, 7) is 13.3. The van der Waals surface area contributed by atoms with Gasteiger partial charge in [-0.05, 0) is 67.5 Å². The lowest BCUT2D eigenvalue weighted by molar-refractivity contribution is -0.137. The third-order valence-corrected chi connectivity index (χ3v) is 11.5. The second-order valence-corrected chi connectivity index (χ2v) is 15.8. The Morgan fingerprint density at radius 2 is 1.67 bits per heavy atom. The molecule has 46 heavy (non-hydrogen) atoms. The topological polar surface area (TPSA) is 79.4 Å². The van der Waals surface area contributed by atoms with E-state index in [1.165, 1.54) is 5.69 Å². The van der Waals surface area contributed by atoms with Crippen molar-refractivity contribution >= 4 is 41.0 Å². The molecule has 0 aromatic heterocycles. The molecular formula is C36H50N6O3S. The summed E-state index contributed by atoms with van der Waals surface area (Å²) in [7, 11) is 2.17. The number of piperazine rings is 1. The number of fused-ring (bicyclic) bond motifs is 1. The molecule has 2 aromatic rings. The van der Waals surface area contributed by atoms with Crippen LogP contribution in [0.15, 0.2) is 48.5 Å². The Kier molecular flexibility index (Phi) is 9.85. The Morgan fingerprint density at radius 1 is 0.935 bits per heavy atom. The minimum absolute atomic E-state index is 0.0413. The fourth-order valence-corrected chi connectivity index (χ4v) is 8.52. The van der Waals surface area contributed by atoms with Crippen LogP contribution in [0.4, 0.5) is 16.2 Å². The van der Waals surface area contributed by atoms with Crippen molar-refractivity contribution in [2.24, 2.45) is 5.41 Å². The lowest BCUT2D eigenvalue weighted by atomic mass is 9.92. The third kappa shape index (κ3) is 7.49. The highest BCUT2D eigenvalue weighted by Crippen LogP contribution is 2.46. The van der Waals surface area contributed by atoms with E-state index in [0.29, 0.717) is 26.2 Å². The number of hydrogen-bond donors (Lipinski definition) is 1. The molecule has 4 aliphatic rings. The molecule has 4 aliphatic heterocycles. The fourth-order valence-electron chi connectivity index (χ4n) is 7.06. The van der Waals surface area contributed by atoms with E-state index < -0.39 is 5.25 Å². The van der Waals surface area contributed by atoms with Crippen LogP contribution < -0.4 is 10.2 Å². The molecule has 2 atom stereocenters. The van der Waals surface area contributed by atoms with E-state index >= 15 is 0 Å². The van der Waals surface area contributed by atoms with Gasteiger partial charge in [0.2, 0.25) is 11.8 Å². The van der Waals surface area contributed by atoms with Crippen molar-refractivity contribution in [3.05, 3.63) is 59.7 Å². The zero-order valence-corrected chi connectivity index (χ0v) is 28.7. The Bertz CT molecular complexity index is 1410. The molecule has 248 valence electrons. The summed E-state index contributed by atoms with van der Waals surface area (Å²) >= 11 is 1.64. The molecule has 2 aromatic carbocycles. The number of thioether (sulfide) groups is 1. The van der Waals surface area contributed by atoms with Crippen LogP contribution in [-0.4, -0.2) is 108 Å². The number of likely N-dealkylation sites (N-methyl/N-ethyl adjacent to an activating group) is 1. The number of piperidine rings is 1. The monoisotopic (exact) mass is 646 g/mol. The van der Waals surface area contributed by atoms with Gasteiger partial charge in [0.15, 0.2) is 0 Å². The highest BCUT2D eigenvalue weighted by atomic mass is 32.2. The molecule has 0 aliphatic carbocycles. The van der Waals surface area contributed by atoms with Crippen LogP contribution in [0.2, 0.25) is 0 Å². The van der Waals surface area contributed by atoms with Gasteiger partial charge in [0, 0.05) is 76.2 Å². The minimum atomic E-state index is -0.391. The Hall–Kier alpha value is -3.24. The van der Waals surface area contributed by atoms with E-state index in [1.54, 1.807) is 11.8 Å². The Labute approximate surface area is 278 Å². The predicted octanol–water partition coefficient (Wildman–Crippen LogP) is 5.29. The van der Waals surface area contributed by atoms with Gasteiger partial charge in [-0.2, -0.15) is 0 Å². The SMILES string of the molecule is CN1CCN(c2cccc(C3SC(CC(=O)N4CCC(N5CCc6ccccc6NC5=O)CC4)C(=O)N3CCC(C)(C)C)c2)CC1. The van der Waals surface area contributed by atoms with E-state index in [-0.39, 0.29) is 41.1 Å². The summed E-state index contributed by atoms with van der Waals surface area (Å²) in [4.78, 5) is 51.3. The molecule has 0 bridgehead atoms. The number of likely N-dealkylation sites (tertiary alicyclic amines) is 1. The van der Waals surface area contributed by atoms with E-state index in [4.69, 9.17) is 0 Å². The van der Waals surface area contributed by atoms with Crippen molar-refractivity contribution in [1.29, 1.82) is 0 Å². The molecule has 9 nitrogen and oxygen atoms in total. The summed E-state index contributed by atoms with van der Waals surface area (Å²) in [6.07, 6.45) is 3.44. The normalized spacial score (nSPS) is 23.4. The average molecular weight is 647 g/mol. The van der Waals surface area contributed by atoms with Crippen molar-refractivity contribution < 1.29 is 14.4 Å². The van der Waals surface area contributed by atoms with Gasteiger partial charge in [-0.15, -0.1) is 11.8 Å². The zero-order valence-electron chi connectivity index (χ0n) is 27.9. The first-order valence-corrected chi connectivity index (χ1v) is 17.9. The van der Waals surface area contributed by atoms with Crippen LogP contribution in [-0.2, 0) is 16.0 Å². The van der Waals surface area contributed by atoms with Crippen LogP contribution in [0, 0.1) is 5.41 Å². The second kappa shape index (κ2) is 13.9. The number of nitrogens with one attached hydrogen (secondary N) is 1. The van der Waals surface area contributed by atoms with Crippen molar-refractivity contribution in [1.82, 2.24) is 19.6 Å². The molecule has 2 unspecified atom stereocenters. The first kappa shape index (κ1) is 32.7. The van der Waals surface area contributed by atoms with E-state index in [9.17, 15) is 14.4 Å². The molecule has 6 rings (SSSR count). The molecule has 1 N–H and O–H groups in total. The van der Waals surface area contributed by atoms with Crippen LogP contribution in [0.1, 0.15) is 63.0 Å². The fraction of sp³-hybridized carbons (Fsp3) is 0.583. The lowest BCUT2D eigenvalue weighted by Gasteiger charge is -2.38. The number of para-hydroxylation sites is 1. The van der Waals surface area contributed by atoms with E-state index in [2.05, 4.69) is 73.3 Å². The number of urea groups is 1. The molecule has 0 spiro atoms. The van der Waals surface area contributed by atoms with Crippen molar-refractivity contribution in [2.75, 3.05) is 69.6 Å². The second-order valence-electron chi connectivity index (χ2n) is 14.6. The Morgan fingerprint density at radius 3 is 2.41 bits per heavy atom. The molecule has 4 heterocycles. The summed E-state index contributed by atoms with van der Waals surface area (Å²) in [5, 5.41) is 2.59. The zero-order chi connectivity index (χ0) is 32.4. The molecule has 0 radical (unpaired) electrons. The smallest absolute Gasteiger partial charge is 0.322 e. The standard InChI is InChI=1S/C36H50N6O3S/c1-36(2,3)15-19-42-33(44)31(46-34(42)27-9-7-10-29(24-27)39-22-20-38(4)21-23-39)25-32(43)40-16-13-28(14-17-40)41-18-12-26-8-5-6-11-30(26)37-35(41)45/h5-11,24,28,31,34H,12-23,25H2,1-4H3,(H,37,45). The molecule has 4 amide bonds. The summed E-state index contributed by atoms with van der Waals surface area (Å²) in [5.41, 5.74) is 4.49. The number of amides is 4. The van der Waals surface area contributed by atoms with Crippen LogP contribution in [0.5, 0.6) is 0 Å². The van der Waals surface area contributed by atoms with Crippen molar-refractivity contribution in [3.63, 3.8) is 0 Å².